The second-order valence-corrected chi connectivity index (χ2v) is 18.6. The van der Waals surface area contributed by atoms with Crippen molar-refractivity contribution in [3.8, 4) is 0 Å². The molecule has 0 aromatic rings. The molecule has 0 amide bonds. The Labute approximate surface area is 402 Å². The Morgan fingerprint density at radius 1 is 0.323 bits per heavy atom. The molecule has 0 saturated carbocycles. The molecule has 0 saturated heterocycles. The van der Waals surface area contributed by atoms with Crippen LogP contribution in [0.1, 0.15) is 278 Å². The highest BCUT2D eigenvalue weighted by Gasteiger charge is 2.19. The normalized spacial score (nSPS) is 12.5. The first kappa shape index (κ1) is 62.1. The predicted molar refractivity (Wildman–Crippen MR) is 279 cm³/mol. The SMILES string of the molecule is CC\C=C/C=C\C=C/C=C\CCCCCC(=O)OCC(COC(=O)CCCCCCCCCCCCCCCCCCCC)OC(=O)CCCCCCC/C=C\CCCCCCCCC. The lowest BCUT2D eigenvalue weighted by Gasteiger charge is -2.18. The molecule has 0 aliphatic heterocycles. The van der Waals surface area contributed by atoms with Gasteiger partial charge in [0.25, 0.3) is 0 Å². The van der Waals surface area contributed by atoms with Gasteiger partial charge in [-0.3, -0.25) is 14.4 Å². The Bertz CT molecular complexity index is 1180. The highest BCUT2D eigenvalue weighted by atomic mass is 16.6. The van der Waals surface area contributed by atoms with Gasteiger partial charge in [-0.25, -0.2) is 0 Å². The Morgan fingerprint density at radius 3 is 1.00 bits per heavy atom. The maximum atomic E-state index is 12.8. The summed E-state index contributed by atoms with van der Waals surface area (Å²) in [5.41, 5.74) is 0. The predicted octanol–water partition coefficient (Wildman–Crippen LogP) is 18.4. The third-order valence-corrected chi connectivity index (χ3v) is 12.1. The molecule has 0 aliphatic carbocycles. The molecule has 0 spiro atoms. The van der Waals surface area contributed by atoms with Gasteiger partial charge in [0.2, 0.25) is 0 Å². The number of ether oxygens (including phenoxy) is 3. The van der Waals surface area contributed by atoms with E-state index in [1.807, 2.05) is 30.4 Å². The molecule has 1 atom stereocenters. The van der Waals surface area contributed by atoms with Gasteiger partial charge in [-0.15, -0.1) is 0 Å². The van der Waals surface area contributed by atoms with Crippen LogP contribution in [0.25, 0.3) is 0 Å². The molecule has 0 fully saturated rings. The summed E-state index contributed by atoms with van der Waals surface area (Å²) in [5.74, 6) is -0.927. The molecule has 0 N–H and O–H groups in total. The summed E-state index contributed by atoms with van der Waals surface area (Å²) < 4.78 is 16.8. The standard InChI is InChI=1S/C59H104O6/c1-4-7-10-13-16-19-22-25-27-29-30-32-34-37-40-43-46-49-52-58(61)64-55-56(54-63-57(60)51-48-45-42-39-36-33-24-21-18-15-12-9-6-3)65-59(62)53-50-47-44-41-38-35-31-28-26-23-20-17-14-11-8-5-2/h9,12,15,18,21,24,28,31,33,36,56H,4-8,10-11,13-14,16-17,19-20,22-23,25-27,29-30,32,34-35,37-55H2,1-3H3/b12-9-,18-15-,24-21-,31-28-,36-33-. The summed E-state index contributed by atoms with van der Waals surface area (Å²) in [6, 6.07) is 0. The molecule has 376 valence electrons. The largest absolute Gasteiger partial charge is 0.462 e. The molecule has 6 nitrogen and oxygen atoms in total. The molecule has 0 aromatic heterocycles. The summed E-state index contributed by atoms with van der Waals surface area (Å²) in [7, 11) is 0. The fourth-order valence-electron chi connectivity index (χ4n) is 7.92. The van der Waals surface area contributed by atoms with E-state index in [0.717, 1.165) is 83.5 Å². The fraction of sp³-hybridized carbons (Fsp3) is 0.780. The van der Waals surface area contributed by atoms with Crippen molar-refractivity contribution in [3.05, 3.63) is 60.8 Å². The van der Waals surface area contributed by atoms with Crippen LogP contribution in [0.15, 0.2) is 60.8 Å². The third-order valence-electron chi connectivity index (χ3n) is 12.1. The minimum atomic E-state index is -0.792. The van der Waals surface area contributed by atoms with Crippen LogP contribution >= 0.6 is 0 Å². The molecule has 0 radical (unpaired) electrons. The van der Waals surface area contributed by atoms with Crippen molar-refractivity contribution in [1.29, 1.82) is 0 Å². The molecule has 1 unspecified atom stereocenters. The van der Waals surface area contributed by atoms with E-state index in [9.17, 15) is 14.4 Å². The van der Waals surface area contributed by atoms with Crippen LogP contribution in [-0.4, -0.2) is 37.2 Å². The quantitative estimate of drug-likeness (QED) is 0.0199. The number of carbonyl (C=O) groups is 3. The zero-order valence-corrected chi connectivity index (χ0v) is 43.0. The molecular weight excluding hydrogens is 805 g/mol. The third kappa shape index (κ3) is 51.9. The van der Waals surface area contributed by atoms with Crippen molar-refractivity contribution in [2.75, 3.05) is 13.2 Å². The lowest BCUT2D eigenvalue weighted by Crippen LogP contribution is -2.30. The van der Waals surface area contributed by atoms with Crippen LogP contribution in [0.3, 0.4) is 0 Å². The lowest BCUT2D eigenvalue weighted by atomic mass is 10.0. The fourth-order valence-corrected chi connectivity index (χ4v) is 7.92. The number of hydrogen-bond acceptors (Lipinski definition) is 6. The van der Waals surface area contributed by atoms with E-state index in [2.05, 4.69) is 51.2 Å². The summed E-state index contributed by atoms with van der Waals surface area (Å²) in [5, 5.41) is 0. The minimum Gasteiger partial charge on any atom is -0.462 e. The van der Waals surface area contributed by atoms with E-state index in [4.69, 9.17) is 14.2 Å². The average Bonchev–Trinajstić information content (AvgIpc) is 3.30. The molecule has 0 rings (SSSR count). The van der Waals surface area contributed by atoms with Gasteiger partial charge in [-0.05, 0) is 64.2 Å². The second-order valence-electron chi connectivity index (χ2n) is 18.6. The molecule has 0 aliphatic rings. The van der Waals surface area contributed by atoms with Crippen molar-refractivity contribution in [1.82, 2.24) is 0 Å². The summed E-state index contributed by atoms with van der Waals surface area (Å²) >= 11 is 0. The summed E-state index contributed by atoms with van der Waals surface area (Å²) in [6.07, 6.45) is 66.4. The number of esters is 3. The van der Waals surface area contributed by atoms with Crippen molar-refractivity contribution in [2.45, 2.75) is 284 Å². The monoisotopic (exact) mass is 909 g/mol. The van der Waals surface area contributed by atoms with Gasteiger partial charge in [-0.1, -0.05) is 255 Å². The van der Waals surface area contributed by atoms with Crippen LogP contribution in [0.5, 0.6) is 0 Å². The number of rotatable bonds is 50. The van der Waals surface area contributed by atoms with Crippen molar-refractivity contribution in [3.63, 3.8) is 0 Å². The number of unbranched alkanes of at least 4 members (excludes halogenated alkanes) is 32. The van der Waals surface area contributed by atoms with Gasteiger partial charge < -0.3 is 14.2 Å². The van der Waals surface area contributed by atoms with Gasteiger partial charge in [0.15, 0.2) is 6.10 Å². The first-order valence-electron chi connectivity index (χ1n) is 27.8. The molecule has 0 bridgehead atoms. The Kier molecular flexibility index (Phi) is 51.3. The molecule has 0 heterocycles. The summed E-state index contributed by atoms with van der Waals surface area (Å²) in [6.45, 7) is 6.48. The van der Waals surface area contributed by atoms with Crippen molar-refractivity contribution < 1.29 is 28.6 Å². The zero-order chi connectivity index (χ0) is 47.2. The Morgan fingerprint density at radius 2 is 0.615 bits per heavy atom. The minimum absolute atomic E-state index is 0.0879. The topological polar surface area (TPSA) is 78.9 Å². The maximum Gasteiger partial charge on any atom is 0.306 e. The summed E-state index contributed by atoms with van der Waals surface area (Å²) in [4.78, 5) is 38.1. The number of hydrogen-bond donors (Lipinski definition) is 0. The smallest absolute Gasteiger partial charge is 0.306 e. The van der Waals surface area contributed by atoms with Crippen molar-refractivity contribution >= 4 is 17.9 Å². The van der Waals surface area contributed by atoms with Gasteiger partial charge in [0, 0.05) is 19.3 Å². The number of carbonyl (C=O) groups excluding carboxylic acids is 3. The molecular formula is C59H104O6. The van der Waals surface area contributed by atoms with Gasteiger partial charge in [0.1, 0.15) is 13.2 Å². The van der Waals surface area contributed by atoms with Gasteiger partial charge in [0.05, 0.1) is 0 Å². The second kappa shape index (κ2) is 53.7. The van der Waals surface area contributed by atoms with E-state index in [0.29, 0.717) is 19.3 Å². The van der Waals surface area contributed by atoms with Gasteiger partial charge >= 0.3 is 17.9 Å². The van der Waals surface area contributed by atoms with Crippen LogP contribution < -0.4 is 0 Å². The average molecular weight is 909 g/mol. The van der Waals surface area contributed by atoms with Gasteiger partial charge in [-0.2, -0.15) is 0 Å². The first-order chi connectivity index (χ1) is 32.0. The lowest BCUT2D eigenvalue weighted by molar-refractivity contribution is -0.167. The molecule has 65 heavy (non-hydrogen) atoms. The zero-order valence-electron chi connectivity index (χ0n) is 43.0. The van der Waals surface area contributed by atoms with E-state index < -0.39 is 6.10 Å². The van der Waals surface area contributed by atoms with E-state index in [-0.39, 0.29) is 31.1 Å². The Balaban J connectivity index is 4.39. The van der Waals surface area contributed by atoms with Crippen molar-refractivity contribution in [2.24, 2.45) is 0 Å². The Hall–Kier alpha value is -2.89. The van der Waals surface area contributed by atoms with E-state index in [1.54, 1.807) is 0 Å². The van der Waals surface area contributed by atoms with E-state index in [1.165, 1.54) is 154 Å². The van der Waals surface area contributed by atoms with Crippen LogP contribution in [-0.2, 0) is 28.6 Å². The van der Waals surface area contributed by atoms with Crippen LogP contribution in [0, 0.1) is 0 Å². The first-order valence-corrected chi connectivity index (χ1v) is 27.8. The number of allylic oxidation sites excluding steroid dienone is 10. The highest BCUT2D eigenvalue weighted by Crippen LogP contribution is 2.16. The van der Waals surface area contributed by atoms with E-state index >= 15 is 0 Å². The van der Waals surface area contributed by atoms with Crippen LogP contribution in [0.4, 0.5) is 0 Å². The van der Waals surface area contributed by atoms with Crippen LogP contribution in [0.2, 0.25) is 0 Å². The maximum absolute atomic E-state index is 12.8. The molecule has 6 heteroatoms. The highest BCUT2D eigenvalue weighted by molar-refractivity contribution is 5.71. The molecule has 0 aromatic carbocycles.